The number of rotatable bonds is 7. The number of nitrogens with one attached hydrogen (secondary N) is 1. The van der Waals surface area contributed by atoms with Gasteiger partial charge < -0.3 is 15.6 Å². The van der Waals surface area contributed by atoms with Crippen LogP contribution in [0.4, 0.5) is 0 Å². The van der Waals surface area contributed by atoms with Gasteiger partial charge in [0, 0.05) is 18.9 Å². The van der Waals surface area contributed by atoms with Crippen molar-refractivity contribution in [2.75, 3.05) is 6.54 Å². The highest BCUT2D eigenvalue weighted by molar-refractivity contribution is 7.13. The van der Waals surface area contributed by atoms with Crippen LogP contribution in [0.15, 0.2) is 29.9 Å². The second kappa shape index (κ2) is 6.19. The molecule has 2 aromatic rings. The van der Waals surface area contributed by atoms with Crippen LogP contribution in [0.3, 0.4) is 0 Å². The first-order chi connectivity index (χ1) is 9.57. The molecule has 2 rings (SSSR count). The number of nitrogens with two attached hydrogens (primary N) is 1. The summed E-state index contributed by atoms with van der Waals surface area (Å²) < 4.78 is 2.06. The normalized spacial score (nSPS) is 14.1. The monoisotopic (exact) mass is 292 g/mol. The van der Waals surface area contributed by atoms with E-state index in [0.717, 1.165) is 10.7 Å². The van der Waals surface area contributed by atoms with E-state index in [1.807, 2.05) is 37.6 Å². The van der Waals surface area contributed by atoms with E-state index in [2.05, 4.69) is 14.9 Å². The number of likely N-dealkylation sites (N-methyl/N-ethyl adjacent to an activating group) is 1. The summed E-state index contributed by atoms with van der Waals surface area (Å²) in [4.78, 5) is 17.1. The van der Waals surface area contributed by atoms with Gasteiger partial charge in [-0.3, -0.25) is 4.79 Å². The molecule has 0 aromatic carbocycles. The van der Waals surface area contributed by atoms with Crippen LogP contribution in [-0.2, 0) is 11.3 Å². The Morgan fingerprint density at radius 1 is 1.60 bits per heavy atom. The van der Waals surface area contributed by atoms with Gasteiger partial charge in [0.2, 0.25) is 5.91 Å². The van der Waals surface area contributed by atoms with E-state index in [1.165, 1.54) is 0 Å². The Bertz CT molecular complexity index is 564. The smallest absolute Gasteiger partial charge is 0.237 e. The van der Waals surface area contributed by atoms with Crippen LogP contribution in [-0.4, -0.2) is 27.5 Å². The van der Waals surface area contributed by atoms with Crippen molar-refractivity contribution in [3.63, 3.8) is 0 Å². The van der Waals surface area contributed by atoms with Crippen LogP contribution in [0, 0.1) is 0 Å². The maximum atomic E-state index is 11.6. The zero-order chi connectivity index (χ0) is 14.6. The van der Waals surface area contributed by atoms with Crippen molar-refractivity contribution in [2.24, 2.45) is 5.73 Å². The topological polar surface area (TPSA) is 72.9 Å². The van der Waals surface area contributed by atoms with Crippen LogP contribution < -0.4 is 11.1 Å². The average Bonchev–Trinajstić information content (AvgIpc) is 3.07. The molecule has 1 amide bonds. The van der Waals surface area contributed by atoms with Crippen LogP contribution in [0.2, 0.25) is 0 Å². The Morgan fingerprint density at radius 3 is 3.00 bits per heavy atom. The number of aromatic nitrogens is 2. The number of nitrogens with zero attached hydrogens (tertiary/aromatic N) is 2. The van der Waals surface area contributed by atoms with Crippen molar-refractivity contribution in [2.45, 2.75) is 32.4 Å². The van der Waals surface area contributed by atoms with E-state index >= 15 is 0 Å². The molecule has 1 unspecified atom stereocenters. The Kier molecular flexibility index (Phi) is 4.57. The Labute approximate surface area is 122 Å². The molecule has 3 N–H and O–H groups in total. The summed E-state index contributed by atoms with van der Waals surface area (Å²) in [6.45, 7) is 5.22. The number of hydrogen-bond acceptors (Lipinski definition) is 4. The molecule has 0 fully saturated rings. The molecule has 0 saturated carbocycles. The molecule has 1 atom stereocenters. The first kappa shape index (κ1) is 14.7. The number of thiophene rings is 1. The van der Waals surface area contributed by atoms with Crippen LogP contribution in [0.25, 0.3) is 10.7 Å². The summed E-state index contributed by atoms with van der Waals surface area (Å²) in [6.07, 6.45) is 4.34. The lowest BCUT2D eigenvalue weighted by Crippen LogP contribution is -2.53. The third-order valence-electron chi connectivity index (χ3n) is 3.42. The van der Waals surface area contributed by atoms with Crippen molar-refractivity contribution in [1.82, 2.24) is 14.9 Å². The summed E-state index contributed by atoms with van der Waals surface area (Å²) in [5.41, 5.74) is 4.82. The van der Waals surface area contributed by atoms with Crippen molar-refractivity contribution < 1.29 is 4.79 Å². The maximum absolute atomic E-state index is 11.6. The SMILES string of the molecule is CCNC(C)(CCn1ccnc1-c1cccs1)C(N)=O. The predicted octanol–water partition coefficient (Wildman–Crippen LogP) is 1.86. The highest BCUT2D eigenvalue weighted by atomic mass is 32.1. The minimum Gasteiger partial charge on any atom is -0.368 e. The molecule has 0 aliphatic carbocycles. The molecular formula is C14H20N4OS. The highest BCUT2D eigenvalue weighted by Crippen LogP contribution is 2.23. The summed E-state index contributed by atoms with van der Waals surface area (Å²) in [5.74, 6) is 0.612. The minimum absolute atomic E-state index is 0.322. The van der Waals surface area contributed by atoms with Gasteiger partial charge in [0.15, 0.2) is 0 Å². The number of amides is 1. The zero-order valence-electron chi connectivity index (χ0n) is 11.8. The minimum atomic E-state index is -0.689. The molecule has 0 spiro atoms. The fourth-order valence-corrected chi connectivity index (χ4v) is 2.89. The van der Waals surface area contributed by atoms with Crippen molar-refractivity contribution in [3.8, 4) is 10.7 Å². The predicted molar refractivity (Wildman–Crippen MR) is 81.4 cm³/mol. The molecular weight excluding hydrogens is 272 g/mol. The molecule has 0 saturated heterocycles. The molecule has 2 aromatic heterocycles. The maximum Gasteiger partial charge on any atom is 0.237 e. The summed E-state index contributed by atoms with van der Waals surface area (Å²) in [5, 5.41) is 5.20. The van der Waals surface area contributed by atoms with Crippen LogP contribution >= 0.6 is 11.3 Å². The highest BCUT2D eigenvalue weighted by Gasteiger charge is 2.29. The number of aryl methyl sites for hydroxylation is 1. The van der Waals surface area contributed by atoms with Gasteiger partial charge in [-0.1, -0.05) is 13.0 Å². The van der Waals surface area contributed by atoms with E-state index in [4.69, 9.17) is 5.73 Å². The second-order valence-electron chi connectivity index (χ2n) is 4.90. The molecule has 108 valence electrons. The summed E-state index contributed by atoms with van der Waals surface area (Å²) >= 11 is 1.65. The molecule has 20 heavy (non-hydrogen) atoms. The van der Waals surface area contributed by atoms with E-state index in [1.54, 1.807) is 17.5 Å². The summed E-state index contributed by atoms with van der Waals surface area (Å²) in [6, 6.07) is 4.05. The molecule has 0 radical (unpaired) electrons. The first-order valence-electron chi connectivity index (χ1n) is 6.67. The largest absolute Gasteiger partial charge is 0.368 e. The van der Waals surface area contributed by atoms with Gasteiger partial charge >= 0.3 is 0 Å². The standard InChI is InChI=1S/C14H20N4OS/c1-3-17-14(2,13(15)19)6-8-18-9-7-16-12(18)11-5-4-10-20-11/h4-5,7,9-10,17H,3,6,8H2,1-2H3,(H2,15,19). The van der Waals surface area contributed by atoms with Crippen molar-refractivity contribution in [1.29, 1.82) is 0 Å². The lowest BCUT2D eigenvalue weighted by Gasteiger charge is -2.27. The number of hydrogen-bond donors (Lipinski definition) is 2. The summed E-state index contributed by atoms with van der Waals surface area (Å²) in [7, 11) is 0. The number of imidazole rings is 1. The average molecular weight is 292 g/mol. The van der Waals surface area contributed by atoms with Gasteiger partial charge in [0.25, 0.3) is 0 Å². The van der Waals surface area contributed by atoms with E-state index in [-0.39, 0.29) is 5.91 Å². The fraction of sp³-hybridized carbons (Fsp3) is 0.429. The molecule has 0 aliphatic rings. The molecule has 6 heteroatoms. The molecule has 5 nitrogen and oxygen atoms in total. The van der Waals surface area contributed by atoms with E-state index < -0.39 is 5.54 Å². The van der Waals surface area contributed by atoms with Crippen molar-refractivity contribution >= 4 is 17.2 Å². The Balaban J connectivity index is 2.11. The van der Waals surface area contributed by atoms with Gasteiger partial charge in [-0.25, -0.2) is 4.98 Å². The van der Waals surface area contributed by atoms with Gasteiger partial charge in [-0.2, -0.15) is 0 Å². The lowest BCUT2D eigenvalue weighted by atomic mass is 9.97. The number of carbonyl (C=O) groups excluding carboxylic acids is 1. The Hall–Kier alpha value is -1.66. The first-order valence-corrected chi connectivity index (χ1v) is 7.55. The number of primary amides is 1. The third-order valence-corrected chi connectivity index (χ3v) is 4.29. The fourth-order valence-electron chi connectivity index (χ4n) is 2.15. The van der Waals surface area contributed by atoms with Gasteiger partial charge in [-0.15, -0.1) is 11.3 Å². The Morgan fingerprint density at radius 2 is 2.40 bits per heavy atom. The van der Waals surface area contributed by atoms with E-state index in [9.17, 15) is 4.79 Å². The van der Waals surface area contributed by atoms with Crippen LogP contribution in [0.1, 0.15) is 20.3 Å². The van der Waals surface area contributed by atoms with Gasteiger partial charge in [0.1, 0.15) is 5.82 Å². The molecule has 2 heterocycles. The molecule has 0 bridgehead atoms. The van der Waals surface area contributed by atoms with E-state index in [0.29, 0.717) is 19.5 Å². The molecule has 0 aliphatic heterocycles. The zero-order valence-corrected chi connectivity index (χ0v) is 12.6. The van der Waals surface area contributed by atoms with Gasteiger partial charge in [-0.05, 0) is 31.3 Å². The van der Waals surface area contributed by atoms with Gasteiger partial charge in [0.05, 0.1) is 10.4 Å². The van der Waals surface area contributed by atoms with Crippen LogP contribution in [0.5, 0.6) is 0 Å². The third kappa shape index (κ3) is 3.08. The number of carbonyl (C=O) groups is 1. The van der Waals surface area contributed by atoms with Crippen molar-refractivity contribution in [3.05, 3.63) is 29.9 Å². The quantitative estimate of drug-likeness (QED) is 0.818. The lowest BCUT2D eigenvalue weighted by molar-refractivity contribution is -0.124. The second-order valence-corrected chi connectivity index (χ2v) is 5.85.